The lowest BCUT2D eigenvalue weighted by molar-refractivity contribution is -0.138. The van der Waals surface area contributed by atoms with Crippen molar-refractivity contribution in [2.75, 3.05) is 20.2 Å². The minimum absolute atomic E-state index is 0.0959. The van der Waals surface area contributed by atoms with Gasteiger partial charge < -0.3 is 20.5 Å². The molecule has 0 radical (unpaired) electrons. The van der Waals surface area contributed by atoms with Gasteiger partial charge in [-0.15, -0.1) is 0 Å². The van der Waals surface area contributed by atoms with Gasteiger partial charge >= 0.3 is 12.1 Å². The van der Waals surface area contributed by atoms with E-state index in [1.165, 1.54) is 0 Å². The van der Waals surface area contributed by atoms with Gasteiger partial charge in [0.15, 0.2) is 0 Å². The summed E-state index contributed by atoms with van der Waals surface area (Å²) in [7, 11) is 1.87. The predicted molar refractivity (Wildman–Crippen MR) is 147 cm³/mol. The molecule has 1 atom stereocenters. The molecule has 2 amide bonds. The van der Waals surface area contributed by atoms with Crippen LogP contribution in [0.15, 0.2) is 78.9 Å². The summed E-state index contributed by atoms with van der Waals surface area (Å²) in [4.78, 5) is 39.5. The van der Waals surface area contributed by atoms with Crippen molar-refractivity contribution >= 4 is 18.0 Å². The summed E-state index contributed by atoms with van der Waals surface area (Å²) in [5, 5.41) is 14.9. The zero-order valence-corrected chi connectivity index (χ0v) is 21.9. The number of hydrogen-bond acceptors (Lipinski definition) is 5. The smallest absolute Gasteiger partial charge is 0.407 e. The molecule has 0 saturated heterocycles. The van der Waals surface area contributed by atoms with Crippen LogP contribution in [-0.2, 0) is 20.9 Å². The van der Waals surface area contributed by atoms with Gasteiger partial charge in [0, 0.05) is 19.0 Å². The second-order valence-electron chi connectivity index (χ2n) is 10.5. The molecule has 8 nitrogen and oxygen atoms in total. The van der Waals surface area contributed by atoms with Crippen LogP contribution < -0.4 is 10.6 Å². The van der Waals surface area contributed by atoms with Gasteiger partial charge in [0.2, 0.25) is 5.91 Å². The van der Waals surface area contributed by atoms with Crippen molar-refractivity contribution < 1.29 is 24.2 Å². The number of likely N-dealkylation sites (N-methyl/N-ethyl adjacent to an activating group) is 1. The van der Waals surface area contributed by atoms with Gasteiger partial charge in [0.25, 0.3) is 0 Å². The summed E-state index contributed by atoms with van der Waals surface area (Å²) in [5.41, 5.74) is 4.80. The second kappa shape index (κ2) is 11.3. The maximum Gasteiger partial charge on any atom is 0.407 e. The molecule has 0 aliphatic heterocycles. The molecule has 1 unspecified atom stereocenters. The molecule has 0 bridgehead atoms. The van der Waals surface area contributed by atoms with E-state index in [2.05, 4.69) is 22.8 Å². The molecule has 5 rings (SSSR count). The molecule has 1 fully saturated rings. The Hall–Kier alpha value is -4.17. The molecule has 39 heavy (non-hydrogen) atoms. The van der Waals surface area contributed by atoms with E-state index in [-0.39, 0.29) is 25.5 Å². The maximum absolute atomic E-state index is 13.3. The predicted octanol–water partition coefficient (Wildman–Crippen LogP) is 4.15. The molecule has 1 saturated carbocycles. The number of carboxylic acid groups (broad SMARTS) is 1. The minimum Gasteiger partial charge on any atom is -0.481 e. The third-order valence-corrected chi connectivity index (χ3v) is 7.47. The van der Waals surface area contributed by atoms with Crippen LogP contribution in [-0.4, -0.2) is 59.8 Å². The molecule has 0 aromatic heterocycles. The number of carbonyl (C=O) groups excluding carboxylic acids is 2. The summed E-state index contributed by atoms with van der Waals surface area (Å²) in [6.45, 7) is 0.947. The van der Waals surface area contributed by atoms with Crippen molar-refractivity contribution in [3.05, 3.63) is 95.6 Å². The lowest BCUT2D eigenvalue weighted by Crippen LogP contribution is -2.55. The fourth-order valence-corrected chi connectivity index (χ4v) is 5.38. The standard InChI is InChI=1S/C31H33N3O5/c1-34(18-21-9-3-2-4-10-21)19-27(29(37)33-31(15-16-31)17-28(35)36)32-30(38)39-20-26-24-13-7-5-11-22(24)23-12-6-8-14-25(23)26/h2-14,26-27H,15-20H2,1H3,(H,32,38)(H,33,37)(H,35,36). The van der Waals surface area contributed by atoms with Crippen LogP contribution in [0, 0.1) is 0 Å². The highest BCUT2D eigenvalue weighted by atomic mass is 16.5. The monoisotopic (exact) mass is 527 g/mol. The van der Waals surface area contributed by atoms with Gasteiger partial charge in [-0.05, 0) is 47.7 Å². The number of hydrogen-bond donors (Lipinski definition) is 3. The molecule has 0 spiro atoms. The zero-order valence-electron chi connectivity index (χ0n) is 21.9. The number of rotatable bonds is 11. The van der Waals surface area contributed by atoms with Crippen molar-refractivity contribution in [2.24, 2.45) is 0 Å². The van der Waals surface area contributed by atoms with E-state index in [9.17, 15) is 19.5 Å². The Balaban J connectivity index is 1.26. The van der Waals surface area contributed by atoms with E-state index < -0.39 is 29.6 Å². The van der Waals surface area contributed by atoms with E-state index in [1.807, 2.05) is 78.7 Å². The molecule has 3 aromatic carbocycles. The summed E-state index contributed by atoms with van der Waals surface area (Å²) in [6, 6.07) is 25.1. The number of carbonyl (C=O) groups is 3. The number of alkyl carbamates (subject to hydrolysis) is 1. The normalized spacial score (nSPS) is 15.6. The minimum atomic E-state index is -0.963. The number of ether oxygens (including phenoxy) is 1. The van der Waals surface area contributed by atoms with Gasteiger partial charge in [0.1, 0.15) is 12.6 Å². The first-order valence-corrected chi connectivity index (χ1v) is 13.2. The zero-order chi connectivity index (χ0) is 27.4. The molecule has 2 aliphatic rings. The molecular weight excluding hydrogens is 494 g/mol. The summed E-state index contributed by atoms with van der Waals surface area (Å²) < 4.78 is 5.69. The third-order valence-electron chi connectivity index (χ3n) is 7.47. The number of aliphatic carboxylic acids is 1. The van der Waals surface area contributed by atoms with E-state index in [4.69, 9.17) is 4.74 Å². The second-order valence-corrected chi connectivity index (χ2v) is 10.5. The Morgan fingerprint density at radius 2 is 1.54 bits per heavy atom. The molecule has 3 aromatic rings. The van der Waals surface area contributed by atoms with E-state index in [0.717, 1.165) is 27.8 Å². The van der Waals surface area contributed by atoms with Gasteiger partial charge in [-0.2, -0.15) is 0 Å². The highest BCUT2D eigenvalue weighted by molar-refractivity contribution is 5.87. The van der Waals surface area contributed by atoms with Crippen LogP contribution in [0.2, 0.25) is 0 Å². The highest BCUT2D eigenvalue weighted by Crippen LogP contribution is 2.44. The quantitative estimate of drug-likeness (QED) is 0.346. The Morgan fingerprint density at radius 3 is 2.13 bits per heavy atom. The number of benzene rings is 3. The highest BCUT2D eigenvalue weighted by Gasteiger charge is 2.47. The van der Waals surface area contributed by atoms with E-state index in [0.29, 0.717) is 19.4 Å². The fourth-order valence-electron chi connectivity index (χ4n) is 5.38. The first kappa shape index (κ1) is 26.4. The van der Waals surface area contributed by atoms with E-state index in [1.54, 1.807) is 0 Å². The molecule has 2 aliphatic carbocycles. The number of carboxylic acids is 1. The van der Waals surface area contributed by atoms with Crippen molar-refractivity contribution in [2.45, 2.75) is 43.3 Å². The maximum atomic E-state index is 13.3. The summed E-state index contributed by atoms with van der Waals surface area (Å²) in [5.74, 6) is -1.47. The molecule has 8 heteroatoms. The van der Waals surface area contributed by atoms with Crippen molar-refractivity contribution in [1.82, 2.24) is 15.5 Å². The Labute approximate surface area is 228 Å². The van der Waals surface area contributed by atoms with Crippen LogP contribution in [0.3, 0.4) is 0 Å². The topological polar surface area (TPSA) is 108 Å². The van der Waals surface area contributed by atoms with Gasteiger partial charge in [-0.3, -0.25) is 14.5 Å². The Morgan fingerprint density at radius 1 is 0.949 bits per heavy atom. The third kappa shape index (κ3) is 6.29. The lowest BCUT2D eigenvalue weighted by atomic mass is 9.98. The van der Waals surface area contributed by atoms with Crippen LogP contribution in [0.1, 0.15) is 41.9 Å². The number of fused-ring (bicyclic) bond motifs is 3. The number of nitrogens with zero attached hydrogens (tertiary/aromatic N) is 1. The average Bonchev–Trinajstić information content (AvgIpc) is 3.58. The van der Waals surface area contributed by atoms with Crippen LogP contribution in [0.5, 0.6) is 0 Å². The van der Waals surface area contributed by atoms with Crippen LogP contribution in [0.4, 0.5) is 4.79 Å². The van der Waals surface area contributed by atoms with Gasteiger partial charge in [-0.1, -0.05) is 78.9 Å². The summed E-state index contributed by atoms with van der Waals surface area (Å²) in [6.07, 6.45) is 0.370. The summed E-state index contributed by atoms with van der Waals surface area (Å²) >= 11 is 0. The van der Waals surface area contributed by atoms with Crippen LogP contribution in [0.25, 0.3) is 11.1 Å². The largest absolute Gasteiger partial charge is 0.481 e. The number of amides is 2. The SMILES string of the molecule is CN(Cc1ccccc1)CC(NC(=O)OCC1c2ccccc2-c2ccccc21)C(=O)NC1(CC(=O)O)CC1. The first-order valence-electron chi connectivity index (χ1n) is 13.2. The Kier molecular flexibility index (Phi) is 7.65. The lowest BCUT2D eigenvalue weighted by Gasteiger charge is -2.26. The van der Waals surface area contributed by atoms with E-state index >= 15 is 0 Å². The van der Waals surface area contributed by atoms with Gasteiger partial charge in [0.05, 0.1) is 12.0 Å². The fraction of sp³-hybridized carbons (Fsp3) is 0.323. The van der Waals surface area contributed by atoms with Gasteiger partial charge in [-0.25, -0.2) is 4.79 Å². The van der Waals surface area contributed by atoms with Crippen LogP contribution >= 0.6 is 0 Å². The molecule has 202 valence electrons. The molecule has 0 heterocycles. The molecule has 3 N–H and O–H groups in total. The van der Waals surface area contributed by atoms with Crippen molar-refractivity contribution in [3.63, 3.8) is 0 Å². The first-order chi connectivity index (χ1) is 18.8. The Bertz CT molecular complexity index is 1310. The van der Waals surface area contributed by atoms with Crippen molar-refractivity contribution in [3.8, 4) is 11.1 Å². The average molecular weight is 528 g/mol. The molecular formula is C31H33N3O5. The number of nitrogens with one attached hydrogen (secondary N) is 2. The van der Waals surface area contributed by atoms with Crippen molar-refractivity contribution in [1.29, 1.82) is 0 Å².